The van der Waals surface area contributed by atoms with Crippen molar-refractivity contribution in [1.82, 2.24) is 0 Å². The number of carbonyl (C=O) groups is 1. The molecule has 1 aliphatic rings. The fraction of sp³-hybridized carbons (Fsp3) is 0.625. The molecule has 60 valence electrons. The van der Waals surface area contributed by atoms with Gasteiger partial charge in [-0.1, -0.05) is 20.8 Å². The first-order chi connectivity index (χ1) is 5.00. The molecule has 0 fully saturated rings. The number of aliphatic imine (C=N–C) groups is 2. The predicted molar refractivity (Wildman–Crippen MR) is 45.3 cm³/mol. The maximum absolute atomic E-state index is 10.6. The number of rotatable bonds is 0. The highest BCUT2D eigenvalue weighted by Gasteiger charge is 2.19. The van der Waals surface area contributed by atoms with Crippen molar-refractivity contribution in [2.45, 2.75) is 20.8 Å². The Balaban J connectivity index is 2.79. The lowest BCUT2D eigenvalue weighted by atomic mass is 9.90. The van der Waals surface area contributed by atoms with Crippen LogP contribution >= 0.6 is 0 Å². The normalized spacial score (nSPS) is 18.5. The summed E-state index contributed by atoms with van der Waals surface area (Å²) in [6.07, 6.45) is 1.56. The van der Waals surface area contributed by atoms with E-state index in [1.54, 1.807) is 6.21 Å². The quantitative estimate of drug-likeness (QED) is 0.512. The van der Waals surface area contributed by atoms with Crippen molar-refractivity contribution in [3.8, 4) is 0 Å². The van der Waals surface area contributed by atoms with Crippen LogP contribution in [0.2, 0.25) is 0 Å². The largest absolute Gasteiger partial charge is 0.278 e. The van der Waals surface area contributed by atoms with Gasteiger partial charge in [-0.15, -0.1) is 0 Å². The molecule has 0 N–H and O–H groups in total. The molecule has 1 aliphatic heterocycles. The Hall–Kier alpha value is -0.990. The highest BCUT2D eigenvalue weighted by atomic mass is 16.1. The van der Waals surface area contributed by atoms with Gasteiger partial charge in [-0.2, -0.15) is 0 Å². The lowest BCUT2D eigenvalue weighted by Gasteiger charge is -2.19. The first-order valence-electron chi connectivity index (χ1n) is 3.62. The molecule has 3 nitrogen and oxygen atoms in total. The van der Waals surface area contributed by atoms with Crippen LogP contribution in [0.25, 0.3) is 0 Å². The van der Waals surface area contributed by atoms with Crippen LogP contribution in [0.1, 0.15) is 20.8 Å². The Morgan fingerprint density at radius 3 is 2.45 bits per heavy atom. The van der Waals surface area contributed by atoms with Gasteiger partial charge >= 0.3 is 0 Å². The average molecular weight is 152 g/mol. The van der Waals surface area contributed by atoms with Crippen molar-refractivity contribution < 1.29 is 4.79 Å². The third kappa shape index (κ3) is 1.97. The van der Waals surface area contributed by atoms with Crippen LogP contribution < -0.4 is 0 Å². The zero-order valence-electron chi connectivity index (χ0n) is 7.09. The lowest BCUT2D eigenvalue weighted by molar-refractivity contribution is -0.116. The van der Waals surface area contributed by atoms with Crippen LogP contribution in [-0.4, -0.2) is 24.4 Å². The standard InChI is InChI=1S/C8H12N2O/c1-8(2,3)6-4-10-7(11)5-9-6/h4H,5H2,1-3H3. The van der Waals surface area contributed by atoms with Gasteiger partial charge in [0.05, 0.1) is 11.9 Å². The van der Waals surface area contributed by atoms with Crippen molar-refractivity contribution in [3.05, 3.63) is 0 Å². The summed E-state index contributed by atoms with van der Waals surface area (Å²) in [7, 11) is 0. The number of nitrogens with zero attached hydrogens (tertiary/aromatic N) is 2. The maximum Gasteiger partial charge on any atom is 0.267 e. The molecule has 1 heterocycles. The fourth-order valence-electron chi connectivity index (χ4n) is 0.798. The molecule has 0 saturated heterocycles. The van der Waals surface area contributed by atoms with Crippen molar-refractivity contribution in [3.63, 3.8) is 0 Å². The lowest BCUT2D eigenvalue weighted by Crippen LogP contribution is -2.26. The zero-order chi connectivity index (χ0) is 8.48. The molecule has 0 saturated carbocycles. The second-order valence-electron chi connectivity index (χ2n) is 3.60. The van der Waals surface area contributed by atoms with E-state index in [0.717, 1.165) is 5.71 Å². The molecular weight excluding hydrogens is 140 g/mol. The second kappa shape index (κ2) is 2.57. The van der Waals surface area contributed by atoms with Gasteiger partial charge in [0.25, 0.3) is 5.91 Å². The zero-order valence-corrected chi connectivity index (χ0v) is 7.09. The first-order valence-corrected chi connectivity index (χ1v) is 3.62. The van der Waals surface area contributed by atoms with Crippen molar-refractivity contribution >= 4 is 17.8 Å². The minimum atomic E-state index is -0.155. The Morgan fingerprint density at radius 1 is 1.45 bits per heavy atom. The van der Waals surface area contributed by atoms with E-state index in [0.29, 0.717) is 0 Å². The van der Waals surface area contributed by atoms with E-state index < -0.39 is 0 Å². The van der Waals surface area contributed by atoms with Gasteiger partial charge in [-0.05, 0) is 0 Å². The molecule has 0 atom stereocenters. The fourth-order valence-corrected chi connectivity index (χ4v) is 0.798. The van der Waals surface area contributed by atoms with E-state index in [4.69, 9.17) is 0 Å². The number of hydrogen-bond acceptors (Lipinski definition) is 2. The summed E-state index contributed by atoms with van der Waals surface area (Å²) in [4.78, 5) is 18.4. The van der Waals surface area contributed by atoms with E-state index in [1.807, 2.05) is 20.8 Å². The molecule has 0 aliphatic carbocycles. The monoisotopic (exact) mass is 152 g/mol. The highest BCUT2D eigenvalue weighted by Crippen LogP contribution is 2.16. The molecule has 0 spiro atoms. The van der Waals surface area contributed by atoms with Gasteiger partial charge in [-0.25, -0.2) is 4.99 Å². The summed E-state index contributed by atoms with van der Waals surface area (Å²) in [5.74, 6) is -0.155. The van der Waals surface area contributed by atoms with E-state index in [2.05, 4.69) is 9.98 Å². The van der Waals surface area contributed by atoms with E-state index >= 15 is 0 Å². The van der Waals surface area contributed by atoms with Crippen LogP contribution in [0.5, 0.6) is 0 Å². The van der Waals surface area contributed by atoms with Crippen LogP contribution in [0.3, 0.4) is 0 Å². The molecule has 0 unspecified atom stereocenters. The molecule has 0 radical (unpaired) electrons. The van der Waals surface area contributed by atoms with Gasteiger partial charge in [0, 0.05) is 5.41 Å². The topological polar surface area (TPSA) is 41.8 Å². The van der Waals surface area contributed by atoms with E-state index in [-0.39, 0.29) is 17.9 Å². The molecular formula is C8H12N2O. The molecule has 1 amide bonds. The van der Waals surface area contributed by atoms with Crippen molar-refractivity contribution in [1.29, 1.82) is 0 Å². The summed E-state index contributed by atoms with van der Waals surface area (Å²) in [6, 6.07) is 0. The van der Waals surface area contributed by atoms with Gasteiger partial charge in [0.1, 0.15) is 6.54 Å². The predicted octanol–water partition coefficient (Wildman–Crippen LogP) is 1.08. The minimum absolute atomic E-state index is 0.00417. The second-order valence-corrected chi connectivity index (χ2v) is 3.60. The summed E-state index contributed by atoms with van der Waals surface area (Å²) in [6.45, 7) is 6.36. The SMILES string of the molecule is CC(C)(C)C1=NCC(=O)N=C1. The Bertz CT molecular complexity index is 233. The summed E-state index contributed by atoms with van der Waals surface area (Å²) < 4.78 is 0. The highest BCUT2D eigenvalue weighted by molar-refractivity contribution is 6.35. The third-order valence-electron chi connectivity index (χ3n) is 1.48. The molecule has 11 heavy (non-hydrogen) atoms. The summed E-state index contributed by atoms with van der Waals surface area (Å²) in [5.41, 5.74) is 0.904. The van der Waals surface area contributed by atoms with Crippen LogP contribution in [0.4, 0.5) is 0 Å². The number of hydrogen-bond donors (Lipinski definition) is 0. The van der Waals surface area contributed by atoms with Crippen LogP contribution in [0.15, 0.2) is 9.98 Å². The molecule has 3 heteroatoms. The molecule has 0 bridgehead atoms. The summed E-state index contributed by atoms with van der Waals surface area (Å²) >= 11 is 0. The Kier molecular flexibility index (Phi) is 1.89. The van der Waals surface area contributed by atoms with Gasteiger partial charge in [-0.3, -0.25) is 9.79 Å². The average Bonchev–Trinajstić information content (AvgIpc) is 1.86. The Labute approximate surface area is 66.2 Å². The third-order valence-corrected chi connectivity index (χ3v) is 1.48. The van der Waals surface area contributed by atoms with Crippen molar-refractivity contribution in [2.75, 3.05) is 6.54 Å². The van der Waals surface area contributed by atoms with Gasteiger partial charge < -0.3 is 0 Å². The maximum atomic E-state index is 10.6. The molecule has 0 aromatic rings. The van der Waals surface area contributed by atoms with Crippen LogP contribution in [-0.2, 0) is 4.79 Å². The number of carbonyl (C=O) groups excluding carboxylic acids is 1. The molecule has 0 aromatic heterocycles. The minimum Gasteiger partial charge on any atom is -0.278 e. The van der Waals surface area contributed by atoms with Gasteiger partial charge in [0.2, 0.25) is 0 Å². The van der Waals surface area contributed by atoms with Gasteiger partial charge in [0.15, 0.2) is 0 Å². The number of amides is 1. The molecule has 1 rings (SSSR count). The van der Waals surface area contributed by atoms with Crippen LogP contribution in [0, 0.1) is 5.41 Å². The first kappa shape index (κ1) is 8.11. The Morgan fingerprint density at radius 2 is 2.09 bits per heavy atom. The van der Waals surface area contributed by atoms with Crippen molar-refractivity contribution in [2.24, 2.45) is 15.4 Å². The molecule has 0 aromatic carbocycles. The van der Waals surface area contributed by atoms with E-state index in [9.17, 15) is 4.79 Å². The van der Waals surface area contributed by atoms with E-state index in [1.165, 1.54) is 0 Å². The summed E-state index contributed by atoms with van der Waals surface area (Å²) in [5, 5.41) is 0. The smallest absolute Gasteiger partial charge is 0.267 e.